The monoisotopic (exact) mass is 458 g/mol. The second-order valence-corrected chi connectivity index (χ2v) is 8.95. The summed E-state index contributed by atoms with van der Waals surface area (Å²) in [5.74, 6) is 1.81. The maximum absolute atomic E-state index is 12.3. The first-order valence-electron chi connectivity index (χ1n) is 11.6. The molecule has 2 fully saturated rings. The molecule has 174 valence electrons. The van der Waals surface area contributed by atoms with Crippen molar-refractivity contribution in [3.63, 3.8) is 0 Å². The third kappa shape index (κ3) is 3.81. The van der Waals surface area contributed by atoms with Crippen molar-refractivity contribution in [3.05, 3.63) is 36.7 Å². The number of oxazole rings is 1. The topological polar surface area (TPSA) is 105 Å². The third-order valence-electron chi connectivity index (χ3n) is 6.42. The molecule has 1 amide bonds. The van der Waals surface area contributed by atoms with Crippen LogP contribution in [-0.2, 0) is 9.53 Å². The second-order valence-electron chi connectivity index (χ2n) is 8.95. The summed E-state index contributed by atoms with van der Waals surface area (Å²) in [6.07, 6.45) is 5.54. The van der Waals surface area contributed by atoms with Crippen LogP contribution in [0, 0.1) is 5.92 Å². The van der Waals surface area contributed by atoms with E-state index in [2.05, 4.69) is 44.6 Å². The normalized spacial score (nSPS) is 18.4. The van der Waals surface area contributed by atoms with Gasteiger partial charge in [0.25, 0.3) is 0 Å². The zero-order chi connectivity index (χ0) is 23.2. The van der Waals surface area contributed by atoms with Crippen LogP contribution in [0.5, 0.6) is 0 Å². The van der Waals surface area contributed by atoms with E-state index in [0.717, 1.165) is 53.5 Å². The van der Waals surface area contributed by atoms with Gasteiger partial charge in [-0.3, -0.25) is 4.79 Å². The molecule has 9 nitrogen and oxygen atoms in total. The smallest absolute Gasteiger partial charge is 0.229 e. The molecule has 2 aliphatic rings. The van der Waals surface area contributed by atoms with E-state index in [-0.39, 0.29) is 17.9 Å². The summed E-state index contributed by atoms with van der Waals surface area (Å²) < 4.78 is 11.8. The molecule has 1 saturated carbocycles. The minimum atomic E-state index is 0.0168. The van der Waals surface area contributed by atoms with Gasteiger partial charge in [-0.25, -0.2) is 15.0 Å². The second kappa shape index (κ2) is 8.25. The Bertz CT molecular complexity index is 1400. The van der Waals surface area contributed by atoms with Crippen LogP contribution in [0.15, 0.2) is 41.1 Å². The lowest BCUT2D eigenvalue weighted by Crippen LogP contribution is -2.41. The van der Waals surface area contributed by atoms with Crippen LogP contribution in [-0.4, -0.2) is 53.7 Å². The largest absolute Gasteiger partial charge is 0.436 e. The van der Waals surface area contributed by atoms with Crippen LogP contribution in [0.4, 0.5) is 17.3 Å². The lowest BCUT2D eigenvalue weighted by molar-refractivity contribution is -0.117. The minimum Gasteiger partial charge on any atom is -0.436 e. The van der Waals surface area contributed by atoms with Gasteiger partial charge in [0, 0.05) is 54.9 Å². The predicted octanol–water partition coefficient (Wildman–Crippen LogP) is 4.05. The van der Waals surface area contributed by atoms with E-state index < -0.39 is 0 Å². The molecular formula is C25H26N6O3. The Morgan fingerprint density at radius 1 is 1.15 bits per heavy atom. The number of hydrogen-bond acceptors (Lipinski definition) is 8. The molecule has 34 heavy (non-hydrogen) atoms. The Hall–Kier alpha value is -3.72. The Labute approximate surface area is 196 Å². The van der Waals surface area contributed by atoms with Crippen LogP contribution in [0.1, 0.15) is 19.8 Å². The highest BCUT2D eigenvalue weighted by atomic mass is 16.5. The molecule has 1 aromatic carbocycles. The van der Waals surface area contributed by atoms with E-state index >= 15 is 0 Å². The number of carbonyl (C=O) groups excluding carboxylic acids is 1. The average molecular weight is 459 g/mol. The van der Waals surface area contributed by atoms with Crippen molar-refractivity contribution in [2.45, 2.75) is 25.9 Å². The average Bonchev–Trinajstić information content (AvgIpc) is 3.62. The highest BCUT2D eigenvalue weighted by Crippen LogP contribution is 2.35. The molecular weight excluding hydrogens is 432 g/mol. The SMILES string of the molecule is CNc1ncc(-c2nc3cc(N4CCO[C@@H](C)C4)ccc3o2)c2cc(NC(=O)C3CC3)ncc12. The van der Waals surface area contributed by atoms with Crippen molar-refractivity contribution in [3.8, 4) is 11.5 Å². The van der Waals surface area contributed by atoms with E-state index in [4.69, 9.17) is 14.1 Å². The molecule has 1 aliphatic carbocycles. The number of anilines is 3. The van der Waals surface area contributed by atoms with Gasteiger partial charge in [-0.15, -0.1) is 0 Å². The van der Waals surface area contributed by atoms with Crippen molar-refractivity contribution in [1.82, 2.24) is 15.0 Å². The fraction of sp³-hybridized carbons (Fsp3) is 0.360. The van der Waals surface area contributed by atoms with Crippen molar-refractivity contribution in [1.29, 1.82) is 0 Å². The van der Waals surface area contributed by atoms with Crippen LogP contribution >= 0.6 is 0 Å². The number of aromatic nitrogens is 3. The van der Waals surface area contributed by atoms with E-state index in [1.807, 2.05) is 19.2 Å². The summed E-state index contributed by atoms with van der Waals surface area (Å²) in [6.45, 7) is 4.50. The van der Waals surface area contributed by atoms with Gasteiger partial charge in [0.15, 0.2) is 5.58 Å². The van der Waals surface area contributed by atoms with Crippen molar-refractivity contribution < 1.29 is 13.9 Å². The molecule has 1 saturated heterocycles. The molecule has 4 aromatic rings. The molecule has 0 spiro atoms. The van der Waals surface area contributed by atoms with Gasteiger partial charge in [0.05, 0.1) is 18.3 Å². The van der Waals surface area contributed by atoms with Crippen molar-refractivity contribution >= 4 is 45.1 Å². The van der Waals surface area contributed by atoms with Crippen molar-refractivity contribution in [2.24, 2.45) is 5.92 Å². The van der Waals surface area contributed by atoms with Gasteiger partial charge in [0.2, 0.25) is 11.8 Å². The number of morpholine rings is 1. The van der Waals surface area contributed by atoms with E-state index in [1.165, 1.54) is 0 Å². The Morgan fingerprint density at radius 3 is 2.82 bits per heavy atom. The molecule has 0 unspecified atom stereocenters. The molecule has 1 aliphatic heterocycles. The standard InChI is InChI=1S/C25H26N6O3/c1-14-13-31(7-8-33-14)16-5-6-21-20(9-16)29-25(34-21)19-12-28-23(26-2)18-11-27-22(10-17(18)19)30-24(32)15-3-4-15/h5-6,9-12,14-15H,3-4,7-8,13H2,1-2H3,(H,26,28)(H,27,30,32)/t14-/m0/s1. The summed E-state index contributed by atoms with van der Waals surface area (Å²) in [5, 5.41) is 7.72. The molecule has 2 N–H and O–H groups in total. The lowest BCUT2D eigenvalue weighted by atomic mass is 10.1. The first-order chi connectivity index (χ1) is 16.6. The van der Waals surface area contributed by atoms with Crippen molar-refractivity contribution in [2.75, 3.05) is 42.3 Å². The number of fused-ring (bicyclic) bond motifs is 2. The lowest BCUT2D eigenvalue weighted by Gasteiger charge is -2.32. The van der Waals surface area contributed by atoms with Crippen LogP contribution in [0.25, 0.3) is 33.3 Å². The Balaban J connectivity index is 1.40. The maximum Gasteiger partial charge on any atom is 0.229 e. The third-order valence-corrected chi connectivity index (χ3v) is 6.42. The van der Waals surface area contributed by atoms with E-state index in [0.29, 0.717) is 29.7 Å². The molecule has 0 bridgehead atoms. The number of hydrogen-bond donors (Lipinski definition) is 2. The summed E-state index contributed by atoms with van der Waals surface area (Å²) in [6, 6.07) is 7.94. The molecule has 3 aromatic heterocycles. The van der Waals surface area contributed by atoms with Gasteiger partial charge in [-0.1, -0.05) is 0 Å². The summed E-state index contributed by atoms with van der Waals surface area (Å²) in [4.78, 5) is 28.3. The predicted molar refractivity (Wildman–Crippen MR) is 131 cm³/mol. The highest BCUT2D eigenvalue weighted by Gasteiger charge is 2.30. The highest BCUT2D eigenvalue weighted by molar-refractivity contribution is 6.03. The summed E-state index contributed by atoms with van der Waals surface area (Å²) in [7, 11) is 1.82. The number of nitrogens with zero attached hydrogens (tertiary/aromatic N) is 4. The number of nitrogens with one attached hydrogen (secondary N) is 2. The molecule has 4 heterocycles. The number of ether oxygens (including phenoxy) is 1. The van der Waals surface area contributed by atoms with Crippen LogP contribution < -0.4 is 15.5 Å². The molecule has 6 rings (SSSR count). The number of rotatable bonds is 5. The van der Waals surface area contributed by atoms with Gasteiger partial charge < -0.3 is 24.7 Å². The Morgan fingerprint density at radius 2 is 2.03 bits per heavy atom. The van der Waals surface area contributed by atoms with Crippen LogP contribution in [0.3, 0.4) is 0 Å². The first kappa shape index (κ1) is 20.9. The Kier molecular flexibility index (Phi) is 5.06. The molecule has 1 atom stereocenters. The van der Waals surface area contributed by atoms with E-state index in [9.17, 15) is 4.79 Å². The number of benzene rings is 1. The minimum absolute atomic E-state index is 0.0168. The van der Waals surface area contributed by atoms with Gasteiger partial charge in [0.1, 0.15) is 17.2 Å². The first-order valence-corrected chi connectivity index (χ1v) is 11.6. The number of pyridine rings is 2. The fourth-order valence-corrected chi connectivity index (χ4v) is 4.43. The number of amides is 1. The van der Waals surface area contributed by atoms with E-state index in [1.54, 1.807) is 12.4 Å². The fourth-order valence-electron chi connectivity index (χ4n) is 4.43. The maximum atomic E-state index is 12.3. The molecule has 0 radical (unpaired) electrons. The quantitative estimate of drug-likeness (QED) is 0.461. The zero-order valence-electron chi connectivity index (χ0n) is 19.2. The molecule has 9 heteroatoms. The van der Waals surface area contributed by atoms with Crippen LogP contribution in [0.2, 0.25) is 0 Å². The van der Waals surface area contributed by atoms with Gasteiger partial charge in [-0.2, -0.15) is 0 Å². The number of carbonyl (C=O) groups is 1. The van der Waals surface area contributed by atoms with Gasteiger partial charge in [-0.05, 0) is 44.0 Å². The van der Waals surface area contributed by atoms with Gasteiger partial charge >= 0.3 is 0 Å². The summed E-state index contributed by atoms with van der Waals surface area (Å²) >= 11 is 0. The summed E-state index contributed by atoms with van der Waals surface area (Å²) in [5.41, 5.74) is 3.34. The zero-order valence-corrected chi connectivity index (χ0v) is 19.2.